The lowest BCUT2D eigenvalue weighted by atomic mass is 10.2. The van der Waals surface area contributed by atoms with Crippen LogP contribution >= 0.6 is 0 Å². The van der Waals surface area contributed by atoms with E-state index in [1.165, 1.54) is 11.1 Å². The summed E-state index contributed by atoms with van der Waals surface area (Å²) in [4.78, 5) is 0. The van der Waals surface area contributed by atoms with Crippen molar-refractivity contribution in [2.24, 2.45) is 0 Å². The van der Waals surface area contributed by atoms with Gasteiger partial charge in [-0.3, -0.25) is 0 Å². The number of benzene rings is 4. The van der Waals surface area contributed by atoms with E-state index in [1.807, 2.05) is 97.1 Å². The Balaban J connectivity index is 0.000000169. The minimum absolute atomic E-state index is 1.12. The summed E-state index contributed by atoms with van der Waals surface area (Å²) in [7, 11) is 0. The van der Waals surface area contributed by atoms with Crippen molar-refractivity contribution in [3.63, 3.8) is 0 Å². The Labute approximate surface area is 173 Å². The van der Waals surface area contributed by atoms with Crippen molar-refractivity contribution in [3.8, 4) is 0 Å². The second kappa shape index (κ2) is 11.8. The van der Waals surface area contributed by atoms with Gasteiger partial charge in [0, 0.05) is 11.4 Å². The predicted octanol–water partition coefficient (Wildman–Crippen LogP) is 7.84. The summed E-state index contributed by atoms with van der Waals surface area (Å²) in [6.07, 6.45) is 8.31. The van der Waals surface area contributed by atoms with Crippen LogP contribution in [0.4, 0.5) is 11.4 Å². The molecule has 0 atom stereocenters. The van der Waals surface area contributed by atoms with Crippen molar-refractivity contribution in [3.05, 3.63) is 145 Å². The SMILES string of the molecule is C(/C=C/c1ccccc1)=C\c1ccccc1.c1ccc(Nc2ccccc2)cc1. The molecule has 0 aliphatic rings. The van der Waals surface area contributed by atoms with Gasteiger partial charge in [0.2, 0.25) is 0 Å². The Kier molecular flexibility index (Phi) is 8.09. The Morgan fingerprint density at radius 3 is 1.03 bits per heavy atom. The molecule has 0 bridgehead atoms. The van der Waals surface area contributed by atoms with Gasteiger partial charge in [-0.25, -0.2) is 0 Å². The monoisotopic (exact) mass is 375 g/mol. The molecule has 0 spiro atoms. The van der Waals surface area contributed by atoms with Crippen LogP contribution in [0.3, 0.4) is 0 Å². The van der Waals surface area contributed by atoms with Crippen LogP contribution in [0.15, 0.2) is 133 Å². The van der Waals surface area contributed by atoms with Gasteiger partial charge in [-0.1, -0.05) is 121 Å². The predicted molar refractivity (Wildman–Crippen MR) is 127 cm³/mol. The Bertz CT molecular complexity index is 904. The van der Waals surface area contributed by atoms with E-state index in [0.717, 1.165) is 11.4 Å². The van der Waals surface area contributed by atoms with Crippen molar-refractivity contribution >= 4 is 23.5 Å². The first-order valence-corrected chi connectivity index (χ1v) is 9.72. The van der Waals surface area contributed by atoms with E-state index in [2.05, 4.69) is 53.9 Å². The zero-order chi connectivity index (χ0) is 20.0. The quantitative estimate of drug-likeness (QED) is 0.350. The third kappa shape index (κ3) is 7.74. The first kappa shape index (κ1) is 19.9. The average molecular weight is 376 g/mol. The number of para-hydroxylation sites is 2. The van der Waals surface area contributed by atoms with E-state index in [9.17, 15) is 0 Å². The molecule has 29 heavy (non-hydrogen) atoms. The summed E-state index contributed by atoms with van der Waals surface area (Å²) in [6, 6.07) is 40.9. The number of allylic oxidation sites excluding steroid dienone is 2. The summed E-state index contributed by atoms with van der Waals surface area (Å²) >= 11 is 0. The minimum Gasteiger partial charge on any atom is -0.356 e. The van der Waals surface area contributed by atoms with Crippen molar-refractivity contribution in [2.45, 2.75) is 0 Å². The molecule has 0 saturated carbocycles. The molecule has 1 nitrogen and oxygen atoms in total. The number of rotatable bonds is 5. The van der Waals surface area contributed by atoms with Gasteiger partial charge >= 0.3 is 0 Å². The molecule has 0 unspecified atom stereocenters. The summed E-state index contributed by atoms with van der Waals surface area (Å²) in [6.45, 7) is 0. The standard InChI is InChI=1S/C16H14.C12H11N/c1-3-9-15(10-4-1)13-7-8-14-16-11-5-2-6-12-16;1-3-7-11(8-4-1)13-12-9-5-2-6-10-12/h1-14H;1-10,13H/b13-7+,14-8+;. The highest BCUT2D eigenvalue weighted by atomic mass is 14.9. The van der Waals surface area contributed by atoms with E-state index in [4.69, 9.17) is 0 Å². The minimum atomic E-state index is 1.12. The molecule has 0 saturated heterocycles. The number of hydrogen-bond acceptors (Lipinski definition) is 1. The molecular formula is C28H25N. The van der Waals surface area contributed by atoms with E-state index in [0.29, 0.717) is 0 Å². The van der Waals surface area contributed by atoms with E-state index < -0.39 is 0 Å². The molecule has 142 valence electrons. The molecule has 4 rings (SSSR count). The van der Waals surface area contributed by atoms with Gasteiger partial charge in [0.15, 0.2) is 0 Å². The molecule has 4 aromatic carbocycles. The maximum absolute atomic E-state index is 3.30. The fourth-order valence-corrected chi connectivity index (χ4v) is 2.67. The summed E-state index contributed by atoms with van der Waals surface area (Å²) in [5.41, 5.74) is 4.68. The van der Waals surface area contributed by atoms with Gasteiger partial charge in [-0.05, 0) is 35.4 Å². The third-order valence-electron chi connectivity index (χ3n) is 4.12. The first-order valence-electron chi connectivity index (χ1n) is 9.72. The molecule has 0 aromatic heterocycles. The van der Waals surface area contributed by atoms with Gasteiger partial charge in [0.05, 0.1) is 0 Å². The lowest BCUT2D eigenvalue weighted by molar-refractivity contribution is 1.55. The van der Waals surface area contributed by atoms with Gasteiger partial charge in [-0.15, -0.1) is 0 Å². The second-order valence-electron chi connectivity index (χ2n) is 6.40. The Hall–Kier alpha value is -3.84. The van der Waals surface area contributed by atoms with Crippen molar-refractivity contribution < 1.29 is 0 Å². The van der Waals surface area contributed by atoms with Gasteiger partial charge in [0.1, 0.15) is 0 Å². The summed E-state index contributed by atoms with van der Waals surface area (Å²) < 4.78 is 0. The van der Waals surface area contributed by atoms with Crippen LogP contribution < -0.4 is 5.32 Å². The Morgan fingerprint density at radius 2 is 0.690 bits per heavy atom. The zero-order valence-electron chi connectivity index (χ0n) is 16.4. The van der Waals surface area contributed by atoms with Gasteiger partial charge in [-0.2, -0.15) is 0 Å². The number of anilines is 2. The fourth-order valence-electron chi connectivity index (χ4n) is 2.67. The third-order valence-corrected chi connectivity index (χ3v) is 4.12. The zero-order valence-corrected chi connectivity index (χ0v) is 16.4. The molecule has 0 fully saturated rings. The fraction of sp³-hybridized carbons (Fsp3) is 0. The van der Waals surface area contributed by atoms with Crippen LogP contribution in [0.2, 0.25) is 0 Å². The topological polar surface area (TPSA) is 12.0 Å². The molecule has 0 heterocycles. The molecular weight excluding hydrogens is 350 g/mol. The highest BCUT2D eigenvalue weighted by Crippen LogP contribution is 2.14. The molecule has 0 amide bonds. The van der Waals surface area contributed by atoms with Crippen LogP contribution in [0.5, 0.6) is 0 Å². The first-order chi connectivity index (χ1) is 14.4. The van der Waals surface area contributed by atoms with Crippen LogP contribution in [-0.4, -0.2) is 0 Å². The van der Waals surface area contributed by atoms with Crippen molar-refractivity contribution in [1.82, 2.24) is 0 Å². The van der Waals surface area contributed by atoms with E-state index in [-0.39, 0.29) is 0 Å². The maximum atomic E-state index is 3.30. The van der Waals surface area contributed by atoms with Crippen molar-refractivity contribution in [2.75, 3.05) is 5.32 Å². The molecule has 0 aliphatic carbocycles. The molecule has 1 heteroatoms. The van der Waals surface area contributed by atoms with Gasteiger partial charge in [0.25, 0.3) is 0 Å². The highest BCUT2D eigenvalue weighted by molar-refractivity contribution is 5.59. The molecule has 1 N–H and O–H groups in total. The molecule has 0 aliphatic heterocycles. The summed E-state index contributed by atoms with van der Waals surface area (Å²) in [5, 5.41) is 3.30. The van der Waals surface area contributed by atoms with Crippen molar-refractivity contribution in [1.29, 1.82) is 0 Å². The van der Waals surface area contributed by atoms with Gasteiger partial charge < -0.3 is 5.32 Å². The lowest BCUT2D eigenvalue weighted by Gasteiger charge is -2.04. The second-order valence-corrected chi connectivity index (χ2v) is 6.40. The number of nitrogens with one attached hydrogen (secondary N) is 1. The lowest BCUT2D eigenvalue weighted by Crippen LogP contribution is -1.87. The maximum Gasteiger partial charge on any atom is 0.0384 e. The highest BCUT2D eigenvalue weighted by Gasteiger charge is 1.90. The van der Waals surface area contributed by atoms with Crippen LogP contribution in [0.1, 0.15) is 11.1 Å². The van der Waals surface area contributed by atoms with Crippen LogP contribution in [0, 0.1) is 0 Å². The normalized spacial score (nSPS) is 10.5. The van der Waals surface area contributed by atoms with Crippen LogP contribution in [-0.2, 0) is 0 Å². The van der Waals surface area contributed by atoms with E-state index in [1.54, 1.807) is 0 Å². The largest absolute Gasteiger partial charge is 0.356 e. The molecule has 4 aromatic rings. The summed E-state index contributed by atoms with van der Waals surface area (Å²) in [5.74, 6) is 0. The average Bonchev–Trinajstić information content (AvgIpc) is 2.80. The molecule has 0 radical (unpaired) electrons. The smallest absolute Gasteiger partial charge is 0.0384 e. The number of hydrogen-bond donors (Lipinski definition) is 1. The van der Waals surface area contributed by atoms with Crippen LogP contribution in [0.25, 0.3) is 12.2 Å². The Morgan fingerprint density at radius 1 is 0.379 bits per heavy atom. The van der Waals surface area contributed by atoms with E-state index >= 15 is 0 Å².